The lowest BCUT2D eigenvalue weighted by Crippen LogP contribution is -2.74. The van der Waals surface area contributed by atoms with Gasteiger partial charge in [0.1, 0.15) is 5.58 Å². The van der Waals surface area contributed by atoms with Crippen LogP contribution in [0.15, 0.2) is 28.7 Å². The fraction of sp³-hybridized carbons (Fsp3) is 0.167. The van der Waals surface area contributed by atoms with E-state index >= 15 is 0 Å². The number of fused-ring (bicyclic) bond motifs is 1. The average molecular weight is 251 g/mol. The largest absolute Gasteiger partial charge is 0.545 e. The Kier molecular flexibility index (Phi) is 4.45. The van der Waals surface area contributed by atoms with E-state index in [1.54, 1.807) is 12.1 Å². The Morgan fingerprint density at radius 2 is 1.83 bits per heavy atom. The molecule has 6 nitrogen and oxygen atoms in total. The Bertz CT molecular complexity index is 573. The van der Waals surface area contributed by atoms with Crippen molar-refractivity contribution in [3.05, 3.63) is 35.6 Å². The summed E-state index contributed by atoms with van der Waals surface area (Å²) in [4.78, 5) is 21.5. The molecular weight excluding hydrogens is 238 g/mol. The Balaban J connectivity index is 0.000000492. The lowest BCUT2D eigenvalue weighted by atomic mass is 10.1. The van der Waals surface area contributed by atoms with Crippen LogP contribution >= 0.6 is 0 Å². The summed E-state index contributed by atoms with van der Waals surface area (Å²) < 4.78 is 4.90. The molecule has 2 rings (SSSR count). The lowest BCUT2D eigenvalue weighted by molar-refractivity contribution is -0.597. The molecule has 1 aromatic carbocycles. The first-order valence-corrected chi connectivity index (χ1v) is 5.23. The normalized spacial score (nSPS) is 9.67. The third-order valence-corrected chi connectivity index (χ3v) is 1.99. The van der Waals surface area contributed by atoms with Crippen molar-refractivity contribution < 1.29 is 29.5 Å². The fourth-order valence-corrected chi connectivity index (χ4v) is 1.40. The number of hydrogen-bond donors (Lipinski definition) is 2. The molecule has 0 radical (unpaired) electrons. The summed E-state index contributed by atoms with van der Waals surface area (Å²) in [5.74, 6) is -3.58. The number of furan rings is 1. The second-order valence-corrected chi connectivity index (χ2v) is 3.47. The van der Waals surface area contributed by atoms with Gasteiger partial charge < -0.3 is 24.7 Å². The van der Waals surface area contributed by atoms with E-state index in [2.05, 4.69) is 0 Å². The molecule has 96 valence electrons. The first-order chi connectivity index (χ1) is 8.52. The zero-order valence-corrected chi connectivity index (χ0v) is 9.97. The van der Waals surface area contributed by atoms with Gasteiger partial charge in [0.15, 0.2) is 0 Å². The zero-order valence-electron chi connectivity index (χ0n) is 9.97. The molecule has 0 spiro atoms. The minimum absolute atomic E-state index is 0.217. The van der Waals surface area contributed by atoms with Gasteiger partial charge in [-0.2, -0.15) is 0 Å². The molecule has 0 amide bonds. The number of nitrogens with two attached hydrogens (primary N) is 1. The van der Waals surface area contributed by atoms with Gasteiger partial charge in [-0.25, -0.2) is 4.79 Å². The molecule has 2 aromatic rings. The van der Waals surface area contributed by atoms with E-state index in [0.717, 1.165) is 0 Å². The topological polar surface area (TPSA) is 107 Å². The van der Waals surface area contributed by atoms with Gasteiger partial charge in [0.25, 0.3) is 0 Å². The van der Waals surface area contributed by atoms with Gasteiger partial charge in [-0.1, -0.05) is 18.2 Å². The number of rotatable bonds is 2. The molecule has 3 N–H and O–H groups in total. The van der Waals surface area contributed by atoms with E-state index < -0.39 is 23.3 Å². The van der Waals surface area contributed by atoms with Crippen LogP contribution in [0.2, 0.25) is 0 Å². The molecule has 6 heteroatoms. The maximum atomic E-state index is 10.8. The number of carboxylic acid groups (broad SMARTS) is 2. The van der Waals surface area contributed by atoms with Crippen molar-refractivity contribution >= 4 is 22.9 Å². The highest BCUT2D eigenvalue weighted by molar-refractivity contribution is 6.09. The highest BCUT2D eigenvalue weighted by atomic mass is 16.4. The molecule has 0 saturated carbocycles. The van der Waals surface area contributed by atoms with E-state index in [9.17, 15) is 14.7 Å². The van der Waals surface area contributed by atoms with Crippen molar-refractivity contribution in [2.24, 2.45) is 0 Å². The van der Waals surface area contributed by atoms with E-state index in [-0.39, 0.29) is 11.0 Å². The van der Waals surface area contributed by atoms with E-state index in [0.29, 0.717) is 0 Å². The number of aromatic carboxylic acids is 2. The molecule has 0 unspecified atom stereocenters. The Hall–Kier alpha value is -2.34. The van der Waals surface area contributed by atoms with E-state index in [1.165, 1.54) is 12.1 Å². The van der Waals surface area contributed by atoms with Crippen molar-refractivity contribution in [2.75, 3.05) is 14.1 Å². The van der Waals surface area contributed by atoms with Gasteiger partial charge in [0.2, 0.25) is 5.76 Å². The van der Waals surface area contributed by atoms with Crippen LogP contribution in [0, 0.1) is 0 Å². The molecule has 0 bridgehead atoms. The molecule has 18 heavy (non-hydrogen) atoms. The number of carbonyl (C=O) groups excluding carboxylic acids is 1. The quantitative estimate of drug-likeness (QED) is 0.734. The highest BCUT2D eigenvalue weighted by Gasteiger charge is 2.19. The third kappa shape index (κ3) is 2.67. The number of carboxylic acids is 2. The Morgan fingerprint density at radius 1 is 1.28 bits per heavy atom. The summed E-state index contributed by atoms with van der Waals surface area (Å²) in [7, 11) is 4.00. The van der Waals surface area contributed by atoms with Crippen molar-refractivity contribution in [1.82, 2.24) is 0 Å². The minimum atomic E-state index is -1.56. The number of benzene rings is 1. The van der Waals surface area contributed by atoms with Gasteiger partial charge >= 0.3 is 5.97 Å². The molecule has 0 atom stereocenters. The third-order valence-electron chi connectivity index (χ3n) is 1.99. The lowest BCUT2D eigenvalue weighted by Gasteiger charge is -1.99. The highest BCUT2D eigenvalue weighted by Crippen LogP contribution is 2.25. The molecular formula is C12H13NO5. The van der Waals surface area contributed by atoms with Crippen LogP contribution in [0.1, 0.15) is 20.9 Å². The standard InChI is InChI=1S/C10H6O5.C2H7N/c11-9(12)7-5-3-1-2-4-6(5)15-8(7)10(13)14;1-3-2/h1-4H,(H,11,12)(H,13,14);3H,1-2H3. The minimum Gasteiger partial charge on any atom is -0.545 e. The zero-order chi connectivity index (χ0) is 13.7. The molecule has 0 aliphatic carbocycles. The number of para-hydroxylation sites is 1. The predicted octanol–water partition coefficient (Wildman–Crippen LogP) is -0.696. The van der Waals surface area contributed by atoms with Crippen LogP contribution < -0.4 is 10.4 Å². The van der Waals surface area contributed by atoms with Crippen LogP contribution in [0.3, 0.4) is 0 Å². The van der Waals surface area contributed by atoms with Crippen molar-refractivity contribution in [3.8, 4) is 0 Å². The summed E-state index contributed by atoms with van der Waals surface area (Å²) in [6, 6.07) is 6.18. The SMILES string of the molecule is C[NH2+]C.O=C(O)c1oc2ccccc2c1C(=O)[O-]. The van der Waals surface area contributed by atoms with Crippen LogP contribution in [0.4, 0.5) is 0 Å². The number of quaternary nitrogens is 1. The second-order valence-electron chi connectivity index (χ2n) is 3.47. The second kappa shape index (κ2) is 5.83. The molecule has 1 heterocycles. The maximum absolute atomic E-state index is 10.8. The molecule has 0 fully saturated rings. The smallest absolute Gasteiger partial charge is 0.372 e. The van der Waals surface area contributed by atoms with Crippen molar-refractivity contribution in [3.63, 3.8) is 0 Å². The predicted molar refractivity (Wildman–Crippen MR) is 61.3 cm³/mol. The van der Waals surface area contributed by atoms with Gasteiger partial charge in [0.05, 0.1) is 25.6 Å². The monoisotopic (exact) mass is 251 g/mol. The van der Waals surface area contributed by atoms with Gasteiger partial charge in [-0.05, 0) is 6.07 Å². The van der Waals surface area contributed by atoms with Gasteiger partial charge in [0, 0.05) is 5.39 Å². The average Bonchev–Trinajstić information content (AvgIpc) is 2.69. The van der Waals surface area contributed by atoms with Crippen LogP contribution in [-0.4, -0.2) is 31.1 Å². The van der Waals surface area contributed by atoms with Crippen molar-refractivity contribution in [2.45, 2.75) is 0 Å². The fourth-order valence-electron chi connectivity index (χ4n) is 1.40. The Morgan fingerprint density at radius 3 is 2.33 bits per heavy atom. The number of carbonyl (C=O) groups is 2. The molecule has 1 aromatic heterocycles. The van der Waals surface area contributed by atoms with Gasteiger partial charge in [-0.15, -0.1) is 0 Å². The van der Waals surface area contributed by atoms with Crippen LogP contribution in [-0.2, 0) is 0 Å². The first kappa shape index (κ1) is 13.7. The summed E-state index contributed by atoms with van der Waals surface area (Å²) in [6.07, 6.45) is 0. The first-order valence-electron chi connectivity index (χ1n) is 5.23. The molecule has 0 aliphatic heterocycles. The van der Waals surface area contributed by atoms with Gasteiger partial charge in [-0.3, -0.25) is 0 Å². The van der Waals surface area contributed by atoms with E-state index in [1.807, 2.05) is 19.4 Å². The number of hydrogen-bond acceptors (Lipinski definition) is 4. The van der Waals surface area contributed by atoms with Crippen LogP contribution in [0.25, 0.3) is 11.0 Å². The summed E-state index contributed by atoms with van der Waals surface area (Å²) in [5, 5.41) is 21.7. The van der Waals surface area contributed by atoms with Crippen molar-refractivity contribution in [1.29, 1.82) is 0 Å². The summed E-state index contributed by atoms with van der Waals surface area (Å²) >= 11 is 0. The molecule has 0 saturated heterocycles. The van der Waals surface area contributed by atoms with E-state index in [4.69, 9.17) is 9.52 Å². The summed E-state index contributed by atoms with van der Waals surface area (Å²) in [5.41, 5.74) is -0.202. The molecule has 0 aliphatic rings. The summed E-state index contributed by atoms with van der Waals surface area (Å²) in [6.45, 7) is 0. The van der Waals surface area contributed by atoms with Crippen LogP contribution in [0.5, 0.6) is 0 Å². The Labute approximate surface area is 103 Å². The maximum Gasteiger partial charge on any atom is 0.372 e.